The monoisotopic (exact) mass is 803 g/mol. The molecular weight excluding hydrogens is 721 g/mol. The van der Waals surface area contributed by atoms with Gasteiger partial charge in [-0.15, -0.1) is 0 Å². The second kappa shape index (κ2) is 45.8. The van der Waals surface area contributed by atoms with Crippen molar-refractivity contribution >= 4 is 17.9 Å². The van der Waals surface area contributed by atoms with Crippen LogP contribution >= 0.6 is 0 Å². The molecule has 0 N–H and O–H groups in total. The Kier molecular flexibility index (Phi) is 42.7. The molecule has 0 aromatic carbocycles. The summed E-state index contributed by atoms with van der Waals surface area (Å²) < 4.78 is 16.7. The second-order valence-electron chi connectivity index (χ2n) is 14.7. The summed E-state index contributed by atoms with van der Waals surface area (Å²) in [5, 5.41) is 0. The van der Waals surface area contributed by atoms with Gasteiger partial charge in [-0.2, -0.15) is 0 Å². The minimum Gasteiger partial charge on any atom is -0.462 e. The SMILES string of the molecule is CC\C=C/C=C\C=C/C=C\CCCCCCCC(=O)OCC(COC(=O)CCCCCCC/C=C\CCCCC)OC(=O)CCCCC\C=C/C=C\C=C/C=C\CC. The van der Waals surface area contributed by atoms with Crippen molar-refractivity contribution in [1.29, 1.82) is 0 Å². The summed E-state index contributed by atoms with van der Waals surface area (Å²) in [4.78, 5) is 37.8. The van der Waals surface area contributed by atoms with E-state index in [-0.39, 0.29) is 37.5 Å². The first kappa shape index (κ1) is 54.1. The lowest BCUT2D eigenvalue weighted by Crippen LogP contribution is -2.30. The Bertz CT molecular complexity index is 1240. The number of carbonyl (C=O) groups excluding carboxylic acids is 3. The summed E-state index contributed by atoms with van der Waals surface area (Å²) in [6, 6.07) is 0. The number of allylic oxidation sites excluding steroid dienone is 18. The molecule has 0 heterocycles. The van der Waals surface area contributed by atoms with Gasteiger partial charge in [0, 0.05) is 19.3 Å². The Hall–Kier alpha value is -3.93. The van der Waals surface area contributed by atoms with Crippen molar-refractivity contribution < 1.29 is 28.6 Å². The molecule has 0 spiro atoms. The molecule has 1 atom stereocenters. The van der Waals surface area contributed by atoms with Crippen LogP contribution in [-0.2, 0) is 28.6 Å². The molecule has 0 saturated carbocycles. The van der Waals surface area contributed by atoms with Crippen molar-refractivity contribution in [3.05, 3.63) is 109 Å². The molecule has 0 fully saturated rings. The Morgan fingerprint density at radius 1 is 0.362 bits per heavy atom. The number of hydrogen-bond donors (Lipinski definition) is 0. The largest absolute Gasteiger partial charge is 0.462 e. The molecule has 0 bridgehead atoms. The Labute approximate surface area is 355 Å². The van der Waals surface area contributed by atoms with Gasteiger partial charge in [0.25, 0.3) is 0 Å². The highest BCUT2D eigenvalue weighted by atomic mass is 16.6. The van der Waals surface area contributed by atoms with Crippen molar-refractivity contribution in [3.8, 4) is 0 Å². The summed E-state index contributed by atoms with van der Waals surface area (Å²) in [6.45, 7) is 6.24. The summed E-state index contributed by atoms with van der Waals surface area (Å²) in [6.07, 6.45) is 60.7. The van der Waals surface area contributed by atoms with Crippen LogP contribution in [0, 0.1) is 0 Å². The fourth-order valence-electron chi connectivity index (χ4n) is 5.75. The maximum absolute atomic E-state index is 12.7. The van der Waals surface area contributed by atoms with E-state index in [2.05, 4.69) is 69.4 Å². The third-order valence-electron chi connectivity index (χ3n) is 9.18. The predicted octanol–water partition coefficient (Wildman–Crippen LogP) is 14.8. The van der Waals surface area contributed by atoms with Crippen molar-refractivity contribution in [2.24, 2.45) is 0 Å². The van der Waals surface area contributed by atoms with Gasteiger partial charge in [0.15, 0.2) is 6.10 Å². The summed E-state index contributed by atoms with van der Waals surface area (Å²) in [7, 11) is 0. The Balaban J connectivity index is 4.53. The van der Waals surface area contributed by atoms with Crippen LogP contribution in [0.25, 0.3) is 0 Å². The molecule has 1 unspecified atom stereocenters. The molecule has 0 aromatic heterocycles. The van der Waals surface area contributed by atoms with Crippen molar-refractivity contribution in [3.63, 3.8) is 0 Å². The fraction of sp³-hybridized carbons (Fsp3) is 0.596. The van der Waals surface area contributed by atoms with E-state index in [1.165, 1.54) is 32.1 Å². The quantitative estimate of drug-likeness (QED) is 0.0202. The lowest BCUT2D eigenvalue weighted by atomic mass is 10.1. The van der Waals surface area contributed by atoms with Crippen LogP contribution in [0.4, 0.5) is 0 Å². The molecule has 6 heteroatoms. The number of carbonyl (C=O) groups is 3. The molecule has 0 saturated heterocycles. The zero-order valence-electron chi connectivity index (χ0n) is 37.0. The van der Waals surface area contributed by atoms with Crippen LogP contribution in [-0.4, -0.2) is 37.2 Å². The molecule has 0 aliphatic rings. The number of rotatable bonds is 39. The van der Waals surface area contributed by atoms with Crippen LogP contribution in [0.2, 0.25) is 0 Å². The van der Waals surface area contributed by atoms with Crippen LogP contribution in [0.15, 0.2) is 109 Å². The highest BCUT2D eigenvalue weighted by Gasteiger charge is 2.19. The molecule has 326 valence electrons. The summed E-state index contributed by atoms with van der Waals surface area (Å²) in [5.74, 6) is -0.993. The second-order valence-corrected chi connectivity index (χ2v) is 14.7. The van der Waals surface area contributed by atoms with Gasteiger partial charge in [-0.25, -0.2) is 0 Å². The molecule has 0 amide bonds. The molecule has 0 aliphatic carbocycles. The van der Waals surface area contributed by atoms with Gasteiger partial charge >= 0.3 is 17.9 Å². The smallest absolute Gasteiger partial charge is 0.306 e. The molecule has 0 radical (unpaired) electrons. The van der Waals surface area contributed by atoms with E-state index in [1.807, 2.05) is 60.8 Å². The number of hydrogen-bond acceptors (Lipinski definition) is 6. The van der Waals surface area contributed by atoms with Crippen molar-refractivity contribution in [1.82, 2.24) is 0 Å². The van der Waals surface area contributed by atoms with E-state index in [0.29, 0.717) is 19.3 Å². The number of esters is 3. The molecule has 6 nitrogen and oxygen atoms in total. The van der Waals surface area contributed by atoms with Gasteiger partial charge in [0.2, 0.25) is 0 Å². The Morgan fingerprint density at radius 2 is 0.690 bits per heavy atom. The van der Waals surface area contributed by atoms with Crippen molar-refractivity contribution in [2.75, 3.05) is 13.2 Å². The average Bonchev–Trinajstić information content (AvgIpc) is 3.22. The third kappa shape index (κ3) is 43.2. The van der Waals surface area contributed by atoms with Gasteiger partial charge in [-0.1, -0.05) is 188 Å². The van der Waals surface area contributed by atoms with Crippen LogP contribution in [0.1, 0.15) is 181 Å². The first-order chi connectivity index (χ1) is 28.5. The first-order valence-electron chi connectivity index (χ1n) is 23.0. The standard InChI is InChI=1S/C52H82O6/c1-4-7-10-13-16-19-22-25-26-28-30-33-36-39-42-45-51(54)57-48-49(47-56-50(53)44-41-38-35-32-29-24-21-18-15-12-9-6-3)58-52(55)46-43-40-37-34-31-27-23-20-17-14-11-8-5-2/h7-8,10-11,13-14,16-23,25-27,31,49H,4-6,9,12,15,24,28-30,32-48H2,1-3H3/b10-7-,11-8-,16-13-,17-14-,21-18-,22-19-,23-20-,26-25-,31-27-. The predicted molar refractivity (Wildman–Crippen MR) is 247 cm³/mol. The normalized spacial score (nSPS) is 13.1. The van der Waals surface area contributed by atoms with Crippen LogP contribution in [0.3, 0.4) is 0 Å². The van der Waals surface area contributed by atoms with Crippen LogP contribution in [0.5, 0.6) is 0 Å². The summed E-state index contributed by atoms with van der Waals surface area (Å²) in [5.41, 5.74) is 0. The highest BCUT2D eigenvalue weighted by molar-refractivity contribution is 5.71. The van der Waals surface area contributed by atoms with E-state index in [0.717, 1.165) is 103 Å². The molecule has 0 aromatic rings. The van der Waals surface area contributed by atoms with E-state index < -0.39 is 6.10 Å². The zero-order chi connectivity index (χ0) is 42.3. The van der Waals surface area contributed by atoms with E-state index in [4.69, 9.17) is 14.2 Å². The van der Waals surface area contributed by atoms with Gasteiger partial charge in [0.1, 0.15) is 13.2 Å². The average molecular weight is 803 g/mol. The fourth-order valence-corrected chi connectivity index (χ4v) is 5.75. The molecular formula is C52H82O6. The maximum Gasteiger partial charge on any atom is 0.306 e. The topological polar surface area (TPSA) is 78.9 Å². The van der Waals surface area contributed by atoms with E-state index >= 15 is 0 Å². The Morgan fingerprint density at radius 3 is 1.12 bits per heavy atom. The lowest BCUT2D eigenvalue weighted by Gasteiger charge is -2.18. The zero-order valence-corrected chi connectivity index (χ0v) is 37.0. The van der Waals surface area contributed by atoms with Crippen LogP contribution < -0.4 is 0 Å². The lowest BCUT2D eigenvalue weighted by molar-refractivity contribution is -0.167. The molecule has 58 heavy (non-hydrogen) atoms. The summed E-state index contributed by atoms with van der Waals surface area (Å²) >= 11 is 0. The minimum absolute atomic E-state index is 0.109. The number of unbranched alkanes of at least 4 members (excludes halogenated alkanes) is 16. The van der Waals surface area contributed by atoms with E-state index in [9.17, 15) is 14.4 Å². The van der Waals surface area contributed by atoms with Gasteiger partial charge in [-0.3, -0.25) is 14.4 Å². The van der Waals surface area contributed by atoms with Gasteiger partial charge in [-0.05, 0) is 83.5 Å². The minimum atomic E-state index is -0.812. The van der Waals surface area contributed by atoms with E-state index in [1.54, 1.807) is 0 Å². The number of ether oxygens (including phenoxy) is 3. The first-order valence-corrected chi connectivity index (χ1v) is 23.0. The van der Waals surface area contributed by atoms with Gasteiger partial charge in [0.05, 0.1) is 0 Å². The third-order valence-corrected chi connectivity index (χ3v) is 9.18. The van der Waals surface area contributed by atoms with Crippen molar-refractivity contribution in [2.45, 2.75) is 187 Å². The molecule has 0 aliphatic heterocycles. The molecule has 0 rings (SSSR count). The maximum atomic E-state index is 12.7. The highest BCUT2D eigenvalue weighted by Crippen LogP contribution is 2.12. The van der Waals surface area contributed by atoms with Gasteiger partial charge < -0.3 is 14.2 Å².